The van der Waals surface area contributed by atoms with E-state index in [1.54, 1.807) is 6.07 Å². The number of aromatic nitrogens is 4. The Morgan fingerprint density at radius 2 is 2.13 bits per heavy atom. The zero-order valence-electron chi connectivity index (χ0n) is 8.31. The van der Waals surface area contributed by atoms with Crippen LogP contribution in [-0.4, -0.2) is 19.7 Å². The van der Waals surface area contributed by atoms with E-state index in [-0.39, 0.29) is 0 Å². The second kappa shape index (κ2) is 4.20. The van der Waals surface area contributed by atoms with Gasteiger partial charge in [-0.25, -0.2) is 4.98 Å². The Kier molecular flexibility index (Phi) is 2.93. The lowest BCUT2D eigenvalue weighted by atomic mass is 10.5. The van der Waals surface area contributed by atoms with E-state index in [0.717, 1.165) is 16.0 Å². The summed E-state index contributed by atoms with van der Waals surface area (Å²) in [5, 5.41) is 10.1. The Labute approximate surface area is 96.7 Å². The molecule has 0 N–H and O–H groups in total. The molecule has 0 aliphatic heterocycles. The van der Waals surface area contributed by atoms with E-state index in [1.165, 1.54) is 11.8 Å². The fourth-order valence-electron chi connectivity index (χ4n) is 1.02. The molecule has 0 spiro atoms. The quantitative estimate of drug-likeness (QED) is 0.756. The normalized spacial score (nSPS) is 10.6. The van der Waals surface area contributed by atoms with Gasteiger partial charge in [0.15, 0.2) is 5.16 Å². The van der Waals surface area contributed by atoms with Gasteiger partial charge in [0.2, 0.25) is 0 Å². The Hall–Kier alpha value is -1.07. The van der Waals surface area contributed by atoms with Crippen molar-refractivity contribution in [2.45, 2.75) is 17.1 Å². The molecule has 0 aliphatic rings. The van der Waals surface area contributed by atoms with Crippen molar-refractivity contribution < 1.29 is 0 Å². The molecule has 0 saturated heterocycles. The van der Waals surface area contributed by atoms with Gasteiger partial charge in [0.1, 0.15) is 16.0 Å². The first kappa shape index (κ1) is 10.4. The third kappa shape index (κ3) is 2.30. The van der Waals surface area contributed by atoms with Crippen LogP contribution in [-0.2, 0) is 7.05 Å². The first-order valence-electron chi connectivity index (χ1n) is 4.33. The minimum Gasteiger partial charge on any atom is -0.309 e. The highest BCUT2D eigenvalue weighted by Gasteiger charge is 2.07. The molecule has 0 radical (unpaired) electrons. The van der Waals surface area contributed by atoms with Gasteiger partial charge in [-0.15, -0.1) is 10.2 Å². The van der Waals surface area contributed by atoms with Crippen molar-refractivity contribution in [3.05, 3.63) is 29.2 Å². The number of halogens is 1. The molecule has 78 valence electrons. The average molecular weight is 241 g/mol. The zero-order valence-corrected chi connectivity index (χ0v) is 9.88. The molecular weight excluding hydrogens is 232 g/mol. The smallest absolute Gasteiger partial charge is 0.197 e. The van der Waals surface area contributed by atoms with Crippen LogP contribution in [0.3, 0.4) is 0 Å². The summed E-state index contributed by atoms with van der Waals surface area (Å²) >= 11 is 7.23. The highest BCUT2D eigenvalue weighted by Crippen LogP contribution is 2.24. The lowest BCUT2D eigenvalue weighted by Crippen LogP contribution is -1.93. The minimum absolute atomic E-state index is 0.485. The predicted octanol–water partition coefficient (Wildman–Crippen LogP) is 2.32. The fraction of sp³-hybridized carbons (Fsp3) is 0.222. The number of aryl methyl sites for hydroxylation is 1. The van der Waals surface area contributed by atoms with Crippen LogP contribution in [0, 0.1) is 6.92 Å². The van der Waals surface area contributed by atoms with Gasteiger partial charge >= 0.3 is 0 Å². The van der Waals surface area contributed by atoms with E-state index in [4.69, 9.17) is 11.6 Å². The Morgan fingerprint density at radius 1 is 1.33 bits per heavy atom. The van der Waals surface area contributed by atoms with Crippen molar-refractivity contribution in [2.75, 3.05) is 0 Å². The standard InChI is InChI=1S/C9H9ClN4S/c1-6-12-13-9(14(6)2)15-8-5-3-4-7(10)11-8/h3-5H,1-2H3. The molecule has 0 saturated carbocycles. The van der Waals surface area contributed by atoms with Gasteiger partial charge in [-0.05, 0) is 30.8 Å². The maximum Gasteiger partial charge on any atom is 0.197 e. The van der Waals surface area contributed by atoms with Crippen molar-refractivity contribution in [3.63, 3.8) is 0 Å². The first-order valence-corrected chi connectivity index (χ1v) is 5.52. The predicted molar refractivity (Wildman–Crippen MR) is 59.1 cm³/mol. The molecule has 2 rings (SSSR count). The van der Waals surface area contributed by atoms with Gasteiger partial charge in [-0.3, -0.25) is 0 Å². The summed E-state index contributed by atoms with van der Waals surface area (Å²) in [4.78, 5) is 4.17. The molecule has 0 unspecified atom stereocenters. The molecule has 0 bridgehead atoms. The molecule has 2 heterocycles. The van der Waals surface area contributed by atoms with Crippen LogP contribution in [0.25, 0.3) is 0 Å². The number of rotatable bonds is 2. The maximum absolute atomic E-state index is 5.79. The van der Waals surface area contributed by atoms with E-state index in [0.29, 0.717) is 5.15 Å². The van der Waals surface area contributed by atoms with E-state index in [1.807, 2.05) is 30.7 Å². The van der Waals surface area contributed by atoms with Crippen molar-refractivity contribution >= 4 is 23.4 Å². The molecule has 4 nitrogen and oxygen atoms in total. The summed E-state index contributed by atoms with van der Waals surface area (Å²) in [6.45, 7) is 1.91. The van der Waals surface area contributed by atoms with Crippen LogP contribution < -0.4 is 0 Å². The van der Waals surface area contributed by atoms with Gasteiger partial charge in [-0.2, -0.15) is 0 Å². The minimum atomic E-state index is 0.485. The van der Waals surface area contributed by atoms with Crippen molar-refractivity contribution in [1.29, 1.82) is 0 Å². The number of pyridine rings is 1. The van der Waals surface area contributed by atoms with Crippen LogP contribution in [0.4, 0.5) is 0 Å². The van der Waals surface area contributed by atoms with Crippen molar-refractivity contribution in [1.82, 2.24) is 19.7 Å². The molecule has 2 aromatic rings. The Balaban J connectivity index is 2.26. The summed E-state index contributed by atoms with van der Waals surface area (Å²) < 4.78 is 1.91. The molecule has 0 aromatic carbocycles. The summed E-state index contributed by atoms with van der Waals surface area (Å²) in [7, 11) is 1.92. The number of hydrogen-bond donors (Lipinski definition) is 0. The number of nitrogens with zero attached hydrogens (tertiary/aromatic N) is 4. The lowest BCUT2D eigenvalue weighted by Gasteiger charge is -2.00. The molecule has 6 heteroatoms. The summed E-state index contributed by atoms with van der Waals surface area (Å²) in [5.74, 6) is 0.875. The van der Waals surface area contributed by atoms with Crippen molar-refractivity contribution in [2.24, 2.45) is 7.05 Å². The van der Waals surface area contributed by atoms with E-state index in [2.05, 4.69) is 15.2 Å². The van der Waals surface area contributed by atoms with E-state index < -0.39 is 0 Å². The molecular formula is C9H9ClN4S. The largest absolute Gasteiger partial charge is 0.309 e. The summed E-state index contributed by atoms with van der Waals surface area (Å²) in [6.07, 6.45) is 0. The van der Waals surface area contributed by atoms with Gasteiger partial charge in [-0.1, -0.05) is 17.7 Å². The van der Waals surface area contributed by atoms with Gasteiger partial charge in [0.25, 0.3) is 0 Å². The molecule has 0 aliphatic carbocycles. The molecule has 2 aromatic heterocycles. The lowest BCUT2D eigenvalue weighted by molar-refractivity contribution is 0.764. The Bertz CT molecular complexity index is 483. The topological polar surface area (TPSA) is 43.6 Å². The van der Waals surface area contributed by atoms with Crippen LogP contribution in [0.1, 0.15) is 5.82 Å². The molecule has 0 amide bonds. The second-order valence-corrected chi connectivity index (χ2v) is 4.36. The van der Waals surface area contributed by atoms with Gasteiger partial charge in [0.05, 0.1) is 0 Å². The summed E-state index contributed by atoms with van der Waals surface area (Å²) in [6, 6.07) is 5.50. The first-order chi connectivity index (χ1) is 7.16. The second-order valence-electron chi connectivity index (χ2n) is 2.99. The third-order valence-corrected chi connectivity index (χ3v) is 3.12. The van der Waals surface area contributed by atoms with Crippen LogP contribution in [0.15, 0.2) is 28.4 Å². The average Bonchev–Trinajstić information content (AvgIpc) is 2.50. The fourth-order valence-corrected chi connectivity index (χ4v) is 2.06. The zero-order chi connectivity index (χ0) is 10.8. The van der Waals surface area contributed by atoms with E-state index in [9.17, 15) is 0 Å². The van der Waals surface area contributed by atoms with Crippen molar-refractivity contribution in [3.8, 4) is 0 Å². The SMILES string of the molecule is Cc1nnc(Sc2cccc(Cl)n2)n1C. The highest BCUT2D eigenvalue weighted by molar-refractivity contribution is 7.99. The maximum atomic E-state index is 5.79. The van der Waals surface area contributed by atoms with Gasteiger partial charge < -0.3 is 4.57 Å². The number of hydrogen-bond acceptors (Lipinski definition) is 4. The van der Waals surface area contributed by atoms with Crippen LogP contribution in [0.5, 0.6) is 0 Å². The molecule has 15 heavy (non-hydrogen) atoms. The molecule has 0 fully saturated rings. The monoisotopic (exact) mass is 240 g/mol. The third-order valence-electron chi connectivity index (χ3n) is 1.94. The van der Waals surface area contributed by atoms with E-state index >= 15 is 0 Å². The summed E-state index contributed by atoms with van der Waals surface area (Å²) in [5.41, 5.74) is 0. The Morgan fingerprint density at radius 3 is 2.73 bits per heavy atom. The highest BCUT2D eigenvalue weighted by atomic mass is 35.5. The van der Waals surface area contributed by atoms with Crippen LogP contribution >= 0.6 is 23.4 Å². The van der Waals surface area contributed by atoms with Crippen LogP contribution in [0.2, 0.25) is 5.15 Å². The van der Waals surface area contributed by atoms with Gasteiger partial charge in [0, 0.05) is 7.05 Å². The molecule has 0 atom stereocenters.